The quantitative estimate of drug-likeness (QED) is 0.438. The third kappa shape index (κ3) is 50.6. The van der Waals surface area contributed by atoms with E-state index in [-0.39, 0.29) is 86.8 Å². The first-order valence-electron chi connectivity index (χ1n) is 0.617. The van der Waals surface area contributed by atoms with Gasteiger partial charge in [-0.3, -0.25) is 0 Å². The number of rotatable bonds is 0. The minimum Gasteiger partial charge on any atom is 2.00 e. The smallest absolute Gasteiger partial charge is 2.00 e. The van der Waals surface area contributed by atoms with Crippen molar-refractivity contribution < 1.29 is 70.7 Å². The molecule has 0 aromatic rings. The van der Waals surface area contributed by atoms with Crippen LogP contribution in [0.5, 0.6) is 0 Å². The van der Waals surface area contributed by atoms with E-state index in [2.05, 4.69) is 0 Å². The first-order valence-corrected chi connectivity index (χ1v) is 2.54. The molecule has 33 valence electrons. The van der Waals surface area contributed by atoms with Gasteiger partial charge in [-0.05, 0) is 0 Å². The molecule has 7 heteroatoms. The normalized spacial score (nSPS) is 8.29. The summed E-state index contributed by atoms with van der Waals surface area (Å²) < 4.78 is 34.3. The van der Waals surface area contributed by atoms with Crippen LogP contribution in [0.25, 0.3) is 0 Å². The summed E-state index contributed by atoms with van der Waals surface area (Å²) in [5.74, 6) is 0. The third-order valence-corrected chi connectivity index (χ3v) is 0. The molecule has 0 rings (SSSR count). The molecule has 0 aliphatic carbocycles. The van der Waals surface area contributed by atoms with E-state index in [1.165, 1.54) is 0 Å². The Morgan fingerprint density at radius 2 is 1.14 bits per heavy atom. The fourth-order valence-corrected chi connectivity index (χ4v) is 0. The van der Waals surface area contributed by atoms with Crippen LogP contribution in [-0.4, -0.2) is 45.5 Å². The molecule has 0 aliphatic rings. The maximum absolute atomic E-state index is 8.58. The zero-order chi connectivity index (χ0) is 4.50. The zero-order valence-electron chi connectivity index (χ0n) is 3.30. The van der Waals surface area contributed by atoms with Crippen molar-refractivity contribution in [3.63, 3.8) is 0 Å². The van der Waals surface area contributed by atoms with Crippen LogP contribution in [0.2, 0.25) is 0 Å². The molecule has 0 aromatic carbocycles. The van der Waals surface area contributed by atoms with Crippen molar-refractivity contribution in [1.82, 2.24) is 0 Å². The summed E-state index contributed by atoms with van der Waals surface area (Å²) in [5.41, 5.74) is 0. The summed E-state index contributed by atoms with van der Waals surface area (Å²) in [4.78, 5) is 0. The van der Waals surface area contributed by atoms with Crippen LogP contribution >= 0.6 is 0 Å². The van der Waals surface area contributed by atoms with E-state index >= 15 is 0 Å². The average molecular weight is 347 g/mol. The van der Waals surface area contributed by atoms with Crippen molar-refractivity contribution in [2.24, 2.45) is 0 Å². The minimum atomic E-state index is -5.62. The van der Waals surface area contributed by atoms with Gasteiger partial charge in [0.1, 0.15) is 0 Å². The first kappa shape index (κ1) is 16.5. The van der Waals surface area contributed by atoms with Gasteiger partial charge >= 0.3 is 116 Å². The van der Waals surface area contributed by atoms with Crippen LogP contribution in [0.1, 0.15) is 0 Å². The molecule has 0 saturated heterocycles. The molecule has 0 radical (unpaired) electrons. The molecular formula is MnO4PrSr+3. The molecule has 7 heavy (non-hydrogen) atoms. The molecule has 0 bridgehead atoms. The number of hydrogen-bond donors (Lipinski definition) is 0. The summed E-state index contributed by atoms with van der Waals surface area (Å²) >= 11 is -5.62. The Kier molecular flexibility index (Phi) is 16.5. The molecule has 0 spiro atoms. The molecule has 0 unspecified atom stereocenters. The second-order valence-corrected chi connectivity index (χ2v) is 1.56. The van der Waals surface area contributed by atoms with Gasteiger partial charge in [-0.2, -0.15) is 0 Å². The van der Waals surface area contributed by atoms with Crippen molar-refractivity contribution in [3.8, 4) is 0 Å². The van der Waals surface area contributed by atoms with Gasteiger partial charge in [0.05, 0.1) is 0 Å². The van der Waals surface area contributed by atoms with Crippen LogP contribution in [0.15, 0.2) is 0 Å². The predicted molar refractivity (Wildman–Crippen MR) is 7.13 cm³/mol. The molecule has 0 aromatic heterocycles. The van der Waals surface area contributed by atoms with Crippen LogP contribution < -0.4 is 8.38 Å². The zero-order valence-corrected chi connectivity index (χ0v) is 11.7. The van der Waals surface area contributed by atoms with Crippen molar-refractivity contribution >= 4 is 45.5 Å². The summed E-state index contributed by atoms with van der Waals surface area (Å²) in [6, 6.07) is 0. The minimum absolute atomic E-state index is 0. The average Bonchev–Trinajstić information content (AvgIpc) is 0.722. The van der Waals surface area contributed by atoms with Gasteiger partial charge in [-0.1, -0.05) is 0 Å². The number of hydrogen-bond acceptors (Lipinski definition) is 4. The largest absolute Gasteiger partial charge is 3.00 e. The fourth-order valence-electron chi connectivity index (χ4n) is 0. The van der Waals surface area contributed by atoms with Crippen LogP contribution in [0.4, 0.5) is 0 Å². The van der Waals surface area contributed by atoms with E-state index in [0.717, 1.165) is 0 Å². The van der Waals surface area contributed by atoms with Gasteiger partial charge < -0.3 is 0 Å². The van der Waals surface area contributed by atoms with Gasteiger partial charge in [0.25, 0.3) is 0 Å². The maximum atomic E-state index is 8.58. The van der Waals surface area contributed by atoms with Crippen LogP contribution in [-0.2, 0) is 21.0 Å². The monoisotopic (exact) mass is 348 g/mol. The van der Waals surface area contributed by atoms with E-state index in [0.29, 0.717) is 0 Å². The van der Waals surface area contributed by atoms with Gasteiger partial charge in [0.2, 0.25) is 0 Å². The summed E-state index contributed by atoms with van der Waals surface area (Å²) in [6.45, 7) is 0. The van der Waals surface area contributed by atoms with E-state index in [9.17, 15) is 0 Å². The second kappa shape index (κ2) is 7.00. The van der Waals surface area contributed by atoms with Crippen molar-refractivity contribution in [1.29, 1.82) is 0 Å². The van der Waals surface area contributed by atoms with Crippen LogP contribution in [0, 0.1) is 41.3 Å². The van der Waals surface area contributed by atoms with Crippen molar-refractivity contribution in [2.45, 2.75) is 0 Å². The Bertz CT molecular complexity index is 94.9. The molecule has 0 N–H and O–H groups in total. The third-order valence-electron chi connectivity index (χ3n) is 0. The Morgan fingerprint density at radius 1 is 1.14 bits per heavy atom. The topological polar surface area (TPSA) is 80.3 Å². The van der Waals surface area contributed by atoms with E-state index in [1.807, 2.05) is 0 Å². The molecule has 0 saturated carbocycles. The van der Waals surface area contributed by atoms with E-state index in [1.54, 1.807) is 0 Å². The van der Waals surface area contributed by atoms with Crippen LogP contribution in [0.3, 0.4) is 0 Å². The molecule has 0 heterocycles. The molecular weight excluding hydrogens is 347 g/mol. The Hall–Kier alpha value is 2.88. The van der Waals surface area contributed by atoms with E-state index < -0.39 is 13.4 Å². The van der Waals surface area contributed by atoms with E-state index in [4.69, 9.17) is 16.0 Å². The Morgan fingerprint density at radius 3 is 1.14 bits per heavy atom. The Balaban J connectivity index is -0.0000000800. The van der Waals surface area contributed by atoms with Gasteiger partial charge in [0.15, 0.2) is 0 Å². The molecule has 0 aliphatic heterocycles. The van der Waals surface area contributed by atoms with Gasteiger partial charge in [0, 0.05) is 0 Å². The summed E-state index contributed by atoms with van der Waals surface area (Å²) in [7, 11) is 0. The first-order chi connectivity index (χ1) is 2.00. The second-order valence-electron chi connectivity index (χ2n) is 0.378. The van der Waals surface area contributed by atoms with Gasteiger partial charge in [-0.15, -0.1) is 0 Å². The maximum Gasteiger partial charge on any atom is 3.00 e. The Labute approximate surface area is 113 Å². The molecule has 0 amide bonds. The van der Waals surface area contributed by atoms with Crippen molar-refractivity contribution in [2.75, 3.05) is 0 Å². The summed E-state index contributed by atoms with van der Waals surface area (Å²) in [6.07, 6.45) is 0. The SMILES string of the molecule is [O]=[Mn](=[O])([O-])[O-].[Pr+3].[Sr+2]. The van der Waals surface area contributed by atoms with Crippen molar-refractivity contribution in [3.05, 3.63) is 0 Å². The van der Waals surface area contributed by atoms with Gasteiger partial charge in [-0.25, -0.2) is 0 Å². The fraction of sp³-hybridized carbons (Fsp3) is 0. The summed E-state index contributed by atoms with van der Waals surface area (Å²) in [5, 5.41) is 0. The molecule has 0 fully saturated rings. The molecule has 0 atom stereocenters. The molecule has 4 nitrogen and oxygen atoms in total. The standard InChI is InChI=1S/Mn.4O.Pr.Sr/q;;;2*-1;+3;+2. The predicted octanol–water partition coefficient (Wildman–Crippen LogP) is -3.00.